The lowest BCUT2D eigenvalue weighted by Crippen LogP contribution is -2.45. The van der Waals surface area contributed by atoms with Gasteiger partial charge in [-0.3, -0.25) is 0 Å². The molecule has 0 aromatic heterocycles. The van der Waals surface area contributed by atoms with E-state index in [9.17, 15) is 0 Å². The number of ether oxygens (including phenoxy) is 2. The Morgan fingerprint density at radius 1 is 1.64 bits per heavy atom. The number of hydrogen-bond donors (Lipinski definition) is 0. The van der Waals surface area contributed by atoms with E-state index in [1.807, 2.05) is 0 Å². The van der Waals surface area contributed by atoms with Gasteiger partial charge in [0.2, 0.25) is 0 Å². The van der Waals surface area contributed by atoms with Gasteiger partial charge in [-0.1, -0.05) is 6.92 Å². The Bertz CT molecular complexity index is 150. The second-order valence-corrected chi connectivity index (χ2v) is 3.75. The van der Waals surface area contributed by atoms with Crippen molar-refractivity contribution in [2.45, 2.75) is 37.9 Å². The summed E-state index contributed by atoms with van der Waals surface area (Å²) in [5.41, 5.74) is 0.223. The largest absolute Gasteiger partial charge is 0.384 e. The van der Waals surface area contributed by atoms with Crippen molar-refractivity contribution in [3.8, 4) is 0 Å². The third-order valence-corrected chi connectivity index (χ3v) is 3.23. The van der Waals surface area contributed by atoms with Crippen LogP contribution in [0.3, 0.4) is 0 Å². The molecule has 0 aromatic carbocycles. The van der Waals surface area contributed by atoms with Gasteiger partial charge in [0.25, 0.3) is 0 Å². The molecule has 1 aliphatic carbocycles. The molecule has 1 saturated carbocycles. The van der Waals surface area contributed by atoms with E-state index in [2.05, 4.69) is 6.92 Å². The highest BCUT2D eigenvalue weighted by molar-refractivity contribution is 5.06. The molecule has 2 aliphatic heterocycles. The van der Waals surface area contributed by atoms with E-state index in [-0.39, 0.29) is 5.60 Å². The predicted octanol–water partition coefficient (Wildman–Crippen LogP) is 1.59. The van der Waals surface area contributed by atoms with Crippen LogP contribution < -0.4 is 0 Å². The first-order chi connectivity index (χ1) is 5.30. The van der Waals surface area contributed by atoms with Gasteiger partial charge in [-0.15, -0.1) is 0 Å². The molecule has 0 amide bonds. The third kappa shape index (κ3) is 0.926. The maximum atomic E-state index is 5.77. The first-order valence-electron chi connectivity index (χ1n) is 4.47. The van der Waals surface area contributed by atoms with E-state index in [4.69, 9.17) is 9.47 Å². The van der Waals surface area contributed by atoms with Gasteiger partial charge in [-0.2, -0.15) is 0 Å². The molecule has 3 rings (SSSR count). The molecular formula is C9H16O2. The minimum absolute atomic E-state index is 0.223. The number of fused-ring (bicyclic) bond motifs is 1. The van der Waals surface area contributed by atoms with Gasteiger partial charge in [0.1, 0.15) is 0 Å². The Labute approximate surface area is 67.9 Å². The predicted molar refractivity (Wildman–Crippen MR) is 42.5 cm³/mol. The smallest absolute Gasteiger partial charge is 0.0759 e. The zero-order valence-electron chi connectivity index (χ0n) is 7.30. The lowest BCUT2D eigenvalue weighted by atomic mass is 9.87. The van der Waals surface area contributed by atoms with Gasteiger partial charge in [0, 0.05) is 19.4 Å². The quantitative estimate of drug-likeness (QED) is 0.617. The molecule has 0 radical (unpaired) electrons. The highest BCUT2D eigenvalue weighted by atomic mass is 16.5. The summed E-state index contributed by atoms with van der Waals surface area (Å²) in [6.07, 6.45) is 4.21. The summed E-state index contributed by atoms with van der Waals surface area (Å²) in [6.45, 7) is 3.09. The molecule has 2 saturated heterocycles. The molecule has 0 spiro atoms. The Kier molecular flexibility index (Phi) is 1.69. The van der Waals surface area contributed by atoms with Crippen LogP contribution >= 0.6 is 0 Å². The van der Waals surface area contributed by atoms with Crippen molar-refractivity contribution >= 4 is 0 Å². The van der Waals surface area contributed by atoms with E-state index >= 15 is 0 Å². The molecule has 3 atom stereocenters. The summed E-state index contributed by atoms with van der Waals surface area (Å²) in [7, 11) is 1.78. The minimum Gasteiger partial charge on any atom is -0.384 e. The molecule has 0 N–H and O–H groups in total. The van der Waals surface area contributed by atoms with E-state index in [1.54, 1.807) is 7.11 Å². The fourth-order valence-electron chi connectivity index (χ4n) is 2.57. The molecular weight excluding hydrogens is 140 g/mol. The van der Waals surface area contributed by atoms with Crippen molar-refractivity contribution in [2.24, 2.45) is 5.92 Å². The Morgan fingerprint density at radius 3 is 2.91 bits per heavy atom. The summed E-state index contributed by atoms with van der Waals surface area (Å²) < 4.78 is 10.9. The zero-order valence-corrected chi connectivity index (χ0v) is 7.30. The normalized spacial score (nSPS) is 47.5. The van der Waals surface area contributed by atoms with Crippen LogP contribution in [-0.4, -0.2) is 25.4 Å². The molecule has 3 unspecified atom stereocenters. The van der Waals surface area contributed by atoms with E-state index < -0.39 is 0 Å². The number of methoxy groups -OCH3 is 1. The molecule has 2 heterocycles. The molecule has 11 heavy (non-hydrogen) atoms. The fraction of sp³-hybridized carbons (Fsp3) is 1.00. The van der Waals surface area contributed by atoms with Crippen molar-refractivity contribution in [2.75, 3.05) is 13.7 Å². The van der Waals surface area contributed by atoms with E-state index in [0.717, 1.165) is 13.0 Å². The van der Waals surface area contributed by atoms with Gasteiger partial charge < -0.3 is 9.47 Å². The monoisotopic (exact) mass is 156 g/mol. The van der Waals surface area contributed by atoms with Gasteiger partial charge in [0.15, 0.2) is 0 Å². The summed E-state index contributed by atoms with van der Waals surface area (Å²) in [4.78, 5) is 0. The highest BCUT2D eigenvalue weighted by Crippen LogP contribution is 2.53. The third-order valence-electron chi connectivity index (χ3n) is 3.23. The van der Waals surface area contributed by atoms with E-state index in [1.165, 1.54) is 12.8 Å². The molecule has 0 aromatic rings. The van der Waals surface area contributed by atoms with Gasteiger partial charge in [-0.05, 0) is 12.8 Å². The van der Waals surface area contributed by atoms with Crippen LogP contribution in [0.5, 0.6) is 0 Å². The van der Waals surface area contributed by atoms with Crippen molar-refractivity contribution in [1.29, 1.82) is 0 Å². The van der Waals surface area contributed by atoms with Crippen LogP contribution in [0.2, 0.25) is 0 Å². The first-order valence-corrected chi connectivity index (χ1v) is 4.47. The molecule has 3 fully saturated rings. The SMILES string of the molecule is CCC12CC(CC1COC)O2. The number of hydrogen-bond acceptors (Lipinski definition) is 2. The van der Waals surface area contributed by atoms with Crippen LogP contribution in [0.1, 0.15) is 26.2 Å². The minimum atomic E-state index is 0.223. The van der Waals surface area contributed by atoms with Crippen molar-refractivity contribution in [3.63, 3.8) is 0 Å². The second kappa shape index (κ2) is 2.46. The number of rotatable bonds is 3. The van der Waals surface area contributed by atoms with Crippen LogP contribution in [0.4, 0.5) is 0 Å². The van der Waals surface area contributed by atoms with Gasteiger partial charge in [0.05, 0.1) is 18.3 Å². The summed E-state index contributed by atoms with van der Waals surface area (Å²) in [5, 5.41) is 0. The average Bonchev–Trinajstić information content (AvgIpc) is 2.41. The second-order valence-electron chi connectivity index (χ2n) is 3.75. The molecule has 3 aliphatic rings. The Balaban J connectivity index is 2.00. The summed E-state index contributed by atoms with van der Waals surface area (Å²) in [5.74, 6) is 0.669. The fourth-order valence-corrected chi connectivity index (χ4v) is 2.57. The lowest BCUT2D eigenvalue weighted by Gasteiger charge is -2.40. The van der Waals surface area contributed by atoms with Gasteiger partial charge >= 0.3 is 0 Å². The summed E-state index contributed by atoms with van der Waals surface area (Å²) >= 11 is 0. The topological polar surface area (TPSA) is 18.5 Å². The molecule has 64 valence electrons. The van der Waals surface area contributed by atoms with Crippen molar-refractivity contribution in [1.82, 2.24) is 0 Å². The Hall–Kier alpha value is -0.0800. The Morgan fingerprint density at radius 2 is 2.36 bits per heavy atom. The summed E-state index contributed by atoms with van der Waals surface area (Å²) in [6, 6.07) is 0. The van der Waals surface area contributed by atoms with Crippen LogP contribution in [0.15, 0.2) is 0 Å². The van der Waals surface area contributed by atoms with Gasteiger partial charge in [-0.25, -0.2) is 0 Å². The van der Waals surface area contributed by atoms with E-state index in [0.29, 0.717) is 12.0 Å². The lowest BCUT2D eigenvalue weighted by molar-refractivity contribution is -0.170. The highest BCUT2D eigenvalue weighted by Gasteiger charge is 2.57. The van der Waals surface area contributed by atoms with Crippen LogP contribution in [-0.2, 0) is 9.47 Å². The van der Waals surface area contributed by atoms with Crippen molar-refractivity contribution < 1.29 is 9.47 Å². The van der Waals surface area contributed by atoms with Crippen LogP contribution in [0.25, 0.3) is 0 Å². The van der Waals surface area contributed by atoms with Crippen molar-refractivity contribution in [3.05, 3.63) is 0 Å². The maximum Gasteiger partial charge on any atom is 0.0759 e. The zero-order chi connectivity index (χ0) is 7.90. The van der Waals surface area contributed by atoms with Crippen LogP contribution in [0, 0.1) is 5.92 Å². The molecule has 2 heteroatoms. The maximum absolute atomic E-state index is 5.77. The standard InChI is InChI=1S/C9H16O2/c1-3-9-5-8(11-9)4-7(9)6-10-2/h7-8H,3-6H2,1-2H3. The molecule has 2 bridgehead atoms. The molecule has 2 nitrogen and oxygen atoms in total. The average molecular weight is 156 g/mol. The first kappa shape index (κ1) is 7.56.